The van der Waals surface area contributed by atoms with E-state index < -0.39 is 0 Å². The van der Waals surface area contributed by atoms with Gasteiger partial charge in [0.25, 0.3) is 0 Å². The summed E-state index contributed by atoms with van der Waals surface area (Å²) in [6.07, 6.45) is 4.96. The number of carbonyl (C=O) groups excluding carboxylic acids is 1. The minimum absolute atomic E-state index is 0.190. The smallest absolute Gasteiger partial charge is 0.223 e. The summed E-state index contributed by atoms with van der Waals surface area (Å²) in [6.45, 7) is 0.724. The Morgan fingerprint density at radius 1 is 1.20 bits per heavy atom. The van der Waals surface area contributed by atoms with E-state index in [1.54, 1.807) is 17.5 Å². The van der Waals surface area contributed by atoms with Crippen molar-refractivity contribution in [2.75, 3.05) is 0 Å². The summed E-state index contributed by atoms with van der Waals surface area (Å²) in [5, 5.41) is 2.06. The Hall–Kier alpha value is -2.40. The highest BCUT2D eigenvalue weighted by Gasteiger charge is 2.32. The van der Waals surface area contributed by atoms with Crippen LogP contribution in [0.3, 0.4) is 0 Å². The number of oxazole rings is 1. The van der Waals surface area contributed by atoms with Crippen LogP contribution in [0.4, 0.5) is 0 Å². The summed E-state index contributed by atoms with van der Waals surface area (Å²) in [5.74, 6) is 1.56. The maximum atomic E-state index is 12.7. The molecule has 1 fully saturated rings. The molecule has 4 rings (SSSR count). The average Bonchev–Trinajstić information content (AvgIpc) is 3.16. The first-order valence-electron chi connectivity index (χ1n) is 8.61. The Balaban J connectivity index is 1.37. The summed E-state index contributed by atoms with van der Waals surface area (Å²) >= 11 is 1.70. The van der Waals surface area contributed by atoms with Crippen LogP contribution in [0.15, 0.2) is 58.5 Å². The summed E-state index contributed by atoms with van der Waals surface area (Å²) < 4.78 is 5.80. The van der Waals surface area contributed by atoms with Crippen LogP contribution in [0.1, 0.15) is 30.0 Å². The quantitative estimate of drug-likeness (QED) is 0.628. The molecule has 1 aromatic carbocycles. The van der Waals surface area contributed by atoms with Crippen LogP contribution in [0.5, 0.6) is 0 Å². The number of hydrogen-bond acceptors (Lipinski definition) is 4. The molecule has 2 heterocycles. The van der Waals surface area contributed by atoms with Crippen molar-refractivity contribution >= 4 is 17.2 Å². The number of hydrogen-bond donors (Lipinski definition) is 0. The third-order valence-corrected chi connectivity index (χ3v) is 5.24. The molecule has 0 bridgehead atoms. The number of amides is 1. The monoisotopic (exact) mass is 352 g/mol. The van der Waals surface area contributed by atoms with Gasteiger partial charge >= 0.3 is 0 Å². The second kappa shape index (κ2) is 7.23. The Kier molecular flexibility index (Phi) is 4.65. The van der Waals surface area contributed by atoms with E-state index in [0.717, 1.165) is 30.7 Å². The molecule has 0 N–H and O–H groups in total. The normalized spacial score (nSPS) is 13.8. The fourth-order valence-electron chi connectivity index (χ4n) is 2.90. The standard InChI is InChI=1S/C20H20N2O2S/c23-20(22(16-8-9-16)14-17-7-4-12-25-17)11-10-19-21-13-18(24-19)15-5-2-1-3-6-15/h1-7,12-13,16H,8-11,14H2. The van der Waals surface area contributed by atoms with Gasteiger partial charge in [-0.05, 0) is 24.3 Å². The third-order valence-electron chi connectivity index (χ3n) is 4.38. The molecule has 4 nitrogen and oxygen atoms in total. The highest BCUT2D eigenvalue weighted by atomic mass is 32.1. The van der Waals surface area contributed by atoms with E-state index in [1.807, 2.05) is 41.3 Å². The summed E-state index contributed by atoms with van der Waals surface area (Å²) in [4.78, 5) is 20.2. The molecule has 0 atom stereocenters. The molecular formula is C20H20N2O2S. The zero-order valence-corrected chi connectivity index (χ0v) is 14.7. The van der Waals surface area contributed by atoms with Crippen LogP contribution in [-0.2, 0) is 17.8 Å². The van der Waals surface area contributed by atoms with Crippen LogP contribution < -0.4 is 0 Å². The Labute approximate surface area is 151 Å². The van der Waals surface area contributed by atoms with E-state index in [9.17, 15) is 4.79 Å². The molecule has 3 aromatic rings. The molecule has 0 saturated heterocycles. The average molecular weight is 352 g/mol. The maximum absolute atomic E-state index is 12.7. The molecule has 1 saturated carbocycles. The van der Waals surface area contributed by atoms with Crippen LogP contribution in [-0.4, -0.2) is 21.8 Å². The van der Waals surface area contributed by atoms with Gasteiger partial charge in [0.2, 0.25) is 5.91 Å². The highest BCUT2D eigenvalue weighted by Crippen LogP contribution is 2.30. The van der Waals surface area contributed by atoms with Crippen molar-refractivity contribution in [1.29, 1.82) is 0 Å². The molecule has 5 heteroatoms. The highest BCUT2D eigenvalue weighted by molar-refractivity contribution is 7.09. The van der Waals surface area contributed by atoms with Gasteiger partial charge in [-0.15, -0.1) is 11.3 Å². The van der Waals surface area contributed by atoms with Gasteiger partial charge in [0, 0.05) is 29.3 Å². The van der Waals surface area contributed by atoms with Crippen molar-refractivity contribution in [1.82, 2.24) is 9.88 Å². The first-order chi connectivity index (χ1) is 12.3. The van der Waals surface area contributed by atoms with Gasteiger partial charge < -0.3 is 9.32 Å². The molecule has 1 aliphatic carbocycles. The zero-order valence-electron chi connectivity index (χ0n) is 13.9. The predicted molar refractivity (Wildman–Crippen MR) is 98.2 cm³/mol. The second-order valence-corrected chi connectivity index (χ2v) is 7.35. The Morgan fingerprint density at radius 2 is 2.04 bits per heavy atom. The van der Waals surface area contributed by atoms with Crippen LogP contribution in [0.25, 0.3) is 11.3 Å². The molecule has 0 aliphatic heterocycles. The van der Waals surface area contributed by atoms with Crippen LogP contribution >= 0.6 is 11.3 Å². The predicted octanol–water partition coefficient (Wildman–Crippen LogP) is 4.53. The number of aromatic nitrogens is 1. The third kappa shape index (κ3) is 3.99. The van der Waals surface area contributed by atoms with Crippen LogP contribution in [0.2, 0.25) is 0 Å². The first kappa shape index (κ1) is 16.1. The van der Waals surface area contributed by atoms with E-state index in [1.165, 1.54) is 4.88 Å². The van der Waals surface area contributed by atoms with Gasteiger partial charge in [0.05, 0.1) is 12.7 Å². The van der Waals surface area contributed by atoms with Gasteiger partial charge in [0.15, 0.2) is 11.7 Å². The molecule has 128 valence electrons. The molecular weight excluding hydrogens is 332 g/mol. The molecule has 0 radical (unpaired) electrons. The largest absolute Gasteiger partial charge is 0.441 e. The molecule has 0 spiro atoms. The van der Waals surface area contributed by atoms with E-state index in [-0.39, 0.29) is 5.91 Å². The number of benzene rings is 1. The lowest BCUT2D eigenvalue weighted by Gasteiger charge is -2.21. The molecule has 25 heavy (non-hydrogen) atoms. The van der Waals surface area contributed by atoms with Crippen molar-refractivity contribution in [3.05, 3.63) is 64.8 Å². The fraction of sp³-hybridized carbons (Fsp3) is 0.300. The molecule has 1 aliphatic rings. The minimum Gasteiger partial charge on any atom is -0.441 e. The maximum Gasteiger partial charge on any atom is 0.223 e. The van der Waals surface area contributed by atoms with E-state index >= 15 is 0 Å². The van der Waals surface area contributed by atoms with E-state index in [4.69, 9.17) is 4.42 Å². The number of nitrogens with zero attached hydrogens (tertiary/aromatic N) is 2. The lowest BCUT2D eigenvalue weighted by Crippen LogP contribution is -2.32. The molecule has 1 amide bonds. The number of thiophene rings is 1. The van der Waals surface area contributed by atoms with E-state index in [0.29, 0.717) is 24.8 Å². The lowest BCUT2D eigenvalue weighted by molar-refractivity contribution is -0.132. The van der Waals surface area contributed by atoms with Gasteiger partial charge in [-0.25, -0.2) is 4.98 Å². The minimum atomic E-state index is 0.190. The summed E-state index contributed by atoms with van der Waals surface area (Å²) in [7, 11) is 0. The topological polar surface area (TPSA) is 46.3 Å². The lowest BCUT2D eigenvalue weighted by atomic mass is 10.2. The summed E-state index contributed by atoms with van der Waals surface area (Å²) in [5.41, 5.74) is 1.00. The van der Waals surface area contributed by atoms with Crippen LogP contribution in [0, 0.1) is 0 Å². The molecule has 2 aromatic heterocycles. The Bertz CT molecular complexity index is 823. The fourth-order valence-corrected chi connectivity index (χ4v) is 3.60. The molecule has 0 unspecified atom stereocenters. The van der Waals surface area contributed by atoms with Crippen molar-refractivity contribution in [3.63, 3.8) is 0 Å². The first-order valence-corrected chi connectivity index (χ1v) is 9.49. The van der Waals surface area contributed by atoms with Crippen molar-refractivity contribution in [3.8, 4) is 11.3 Å². The Morgan fingerprint density at radius 3 is 2.76 bits per heavy atom. The number of carbonyl (C=O) groups is 1. The van der Waals surface area contributed by atoms with Crippen molar-refractivity contribution in [2.45, 2.75) is 38.3 Å². The SMILES string of the molecule is O=C(CCc1ncc(-c2ccccc2)o1)N(Cc1cccs1)C1CC1. The van der Waals surface area contributed by atoms with Gasteiger partial charge in [-0.2, -0.15) is 0 Å². The van der Waals surface area contributed by atoms with Crippen molar-refractivity contribution in [2.24, 2.45) is 0 Å². The van der Waals surface area contributed by atoms with E-state index in [2.05, 4.69) is 16.4 Å². The second-order valence-electron chi connectivity index (χ2n) is 6.32. The zero-order chi connectivity index (χ0) is 17.1. The van der Waals surface area contributed by atoms with Gasteiger partial charge in [0.1, 0.15) is 0 Å². The van der Waals surface area contributed by atoms with Crippen molar-refractivity contribution < 1.29 is 9.21 Å². The summed E-state index contributed by atoms with van der Waals surface area (Å²) in [6, 6.07) is 14.4. The number of aryl methyl sites for hydroxylation is 1. The van der Waals surface area contributed by atoms with Gasteiger partial charge in [-0.3, -0.25) is 4.79 Å². The number of rotatable bonds is 7. The van der Waals surface area contributed by atoms with Gasteiger partial charge in [-0.1, -0.05) is 36.4 Å².